The van der Waals surface area contributed by atoms with Gasteiger partial charge in [0.25, 0.3) is 0 Å². The first kappa shape index (κ1) is 16.4. The van der Waals surface area contributed by atoms with E-state index in [1.807, 2.05) is 26.0 Å². The molecule has 1 N–H and O–H groups in total. The number of halogens is 1. The fourth-order valence-corrected chi connectivity index (χ4v) is 2.85. The molecule has 0 fully saturated rings. The number of ether oxygens (including phenoxy) is 1. The van der Waals surface area contributed by atoms with Gasteiger partial charge in [0.15, 0.2) is 0 Å². The van der Waals surface area contributed by atoms with Crippen molar-refractivity contribution in [3.63, 3.8) is 0 Å². The number of hydrogen-bond acceptors (Lipinski definition) is 6. The summed E-state index contributed by atoms with van der Waals surface area (Å²) < 4.78 is 6.98. The lowest BCUT2D eigenvalue weighted by Crippen LogP contribution is -2.29. The number of hydrogen-bond donors (Lipinski definition) is 1. The summed E-state index contributed by atoms with van der Waals surface area (Å²) in [5.74, 6) is 0.0992. The lowest BCUT2D eigenvalue weighted by atomic mass is 9.96. The highest BCUT2D eigenvalue weighted by atomic mass is 35.5. The number of allylic oxidation sites excluding steroid dienone is 1. The third-order valence-corrected chi connectivity index (χ3v) is 4.06. The number of carbonyl (C=O) groups is 1. The summed E-state index contributed by atoms with van der Waals surface area (Å²) in [6.07, 6.45) is 1.78. The van der Waals surface area contributed by atoms with Crippen molar-refractivity contribution >= 4 is 23.5 Å². The van der Waals surface area contributed by atoms with Crippen molar-refractivity contribution in [3.8, 4) is 0 Å². The Kier molecular flexibility index (Phi) is 4.80. The van der Waals surface area contributed by atoms with Crippen molar-refractivity contribution in [2.75, 3.05) is 11.9 Å². The lowest BCUT2D eigenvalue weighted by Gasteiger charge is -2.27. The number of anilines is 1. The summed E-state index contributed by atoms with van der Waals surface area (Å²) in [6.45, 7) is 4.24. The third kappa shape index (κ3) is 3.12. The number of aromatic nitrogens is 4. The van der Waals surface area contributed by atoms with Crippen LogP contribution >= 0.6 is 11.6 Å². The maximum atomic E-state index is 12.6. The zero-order valence-corrected chi connectivity index (χ0v) is 14.2. The van der Waals surface area contributed by atoms with Crippen molar-refractivity contribution in [3.05, 3.63) is 46.1 Å². The lowest BCUT2D eigenvalue weighted by molar-refractivity contribution is -0.139. The van der Waals surface area contributed by atoms with E-state index in [0.29, 0.717) is 28.8 Å². The number of nitrogens with zero attached hydrogens (tertiary/aromatic N) is 4. The first-order chi connectivity index (χ1) is 11.6. The zero-order chi connectivity index (χ0) is 17.1. The van der Waals surface area contributed by atoms with Gasteiger partial charge >= 0.3 is 5.97 Å². The summed E-state index contributed by atoms with van der Waals surface area (Å²) in [5, 5.41) is 15.3. The van der Waals surface area contributed by atoms with Gasteiger partial charge in [0.2, 0.25) is 5.95 Å². The van der Waals surface area contributed by atoms with Gasteiger partial charge in [0, 0.05) is 10.7 Å². The Morgan fingerprint density at radius 1 is 1.46 bits per heavy atom. The number of carbonyl (C=O) groups excluding carboxylic acids is 1. The van der Waals surface area contributed by atoms with E-state index >= 15 is 0 Å². The highest BCUT2D eigenvalue weighted by molar-refractivity contribution is 6.30. The van der Waals surface area contributed by atoms with E-state index in [1.54, 1.807) is 16.8 Å². The Labute approximate surface area is 144 Å². The fourth-order valence-electron chi connectivity index (χ4n) is 2.65. The minimum atomic E-state index is -0.482. The summed E-state index contributed by atoms with van der Waals surface area (Å²) in [6, 6.07) is 6.82. The topological polar surface area (TPSA) is 81.9 Å². The number of rotatable bonds is 5. The molecule has 0 aliphatic carbocycles. The SMILES string of the molecule is CCCCOC(=O)C1=C(C)Nc2nnnn2C1c1cccc(Cl)c1. The largest absolute Gasteiger partial charge is 0.462 e. The molecule has 1 atom stereocenters. The highest BCUT2D eigenvalue weighted by Crippen LogP contribution is 2.35. The second kappa shape index (κ2) is 7.00. The van der Waals surface area contributed by atoms with Crippen LogP contribution in [0.1, 0.15) is 38.3 Å². The van der Waals surface area contributed by atoms with E-state index in [0.717, 1.165) is 18.4 Å². The van der Waals surface area contributed by atoms with Crippen molar-refractivity contribution < 1.29 is 9.53 Å². The molecule has 0 amide bonds. The first-order valence-corrected chi connectivity index (χ1v) is 8.18. The Balaban J connectivity index is 2.02. The molecule has 2 heterocycles. The minimum absolute atomic E-state index is 0.375. The molecule has 0 saturated heterocycles. The van der Waals surface area contributed by atoms with Crippen molar-refractivity contribution in [2.24, 2.45) is 0 Å². The average molecular weight is 348 g/mol. The molecule has 1 aromatic carbocycles. The van der Waals surface area contributed by atoms with Gasteiger partial charge in [-0.1, -0.05) is 42.2 Å². The summed E-state index contributed by atoms with van der Waals surface area (Å²) in [4.78, 5) is 12.6. The Morgan fingerprint density at radius 2 is 2.29 bits per heavy atom. The van der Waals surface area contributed by atoms with E-state index in [1.165, 1.54) is 0 Å². The molecule has 24 heavy (non-hydrogen) atoms. The van der Waals surface area contributed by atoms with Crippen LogP contribution in [0, 0.1) is 0 Å². The predicted octanol–water partition coefficient (Wildman–Crippen LogP) is 2.96. The van der Waals surface area contributed by atoms with Crippen LogP contribution in [-0.4, -0.2) is 32.8 Å². The van der Waals surface area contributed by atoms with Gasteiger partial charge < -0.3 is 10.1 Å². The number of benzene rings is 1. The second-order valence-electron chi connectivity index (χ2n) is 5.56. The van der Waals surface area contributed by atoms with E-state index in [2.05, 4.69) is 20.8 Å². The van der Waals surface area contributed by atoms with Crippen LogP contribution < -0.4 is 5.32 Å². The normalized spacial score (nSPS) is 16.5. The number of fused-ring (bicyclic) bond motifs is 1. The van der Waals surface area contributed by atoms with Crippen molar-refractivity contribution in [2.45, 2.75) is 32.7 Å². The fraction of sp³-hybridized carbons (Fsp3) is 0.375. The van der Waals surface area contributed by atoms with Gasteiger partial charge in [-0.3, -0.25) is 0 Å². The smallest absolute Gasteiger partial charge is 0.338 e. The monoisotopic (exact) mass is 347 g/mol. The van der Waals surface area contributed by atoms with Gasteiger partial charge in [0.1, 0.15) is 6.04 Å². The average Bonchev–Trinajstić information content (AvgIpc) is 3.01. The Bertz CT molecular complexity index is 786. The van der Waals surface area contributed by atoms with Gasteiger partial charge in [-0.15, -0.1) is 0 Å². The van der Waals surface area contributed by atoms with Gasteiger partial charge in [-0.05, 0) is 41.5 Å². The molecule has 126 valence electrons. The molecule has 1 aliphatic rings. The van der Waals surface area contributed by atoms with Gasteiger partial charge in [-0.25, -0.2) is 4.79 Å². The second-order valence-corrected chi connectivity index (χ2v) is 5.99. The molecule has 8 heteroatoms. The van der Waals surface area contributed by atoms with E-state index in [4.69, 9.17) is 16.3 Å². The van der Waals surface area contributed by atoms with Gasteiger partial charge in [0.05, 0.1) is 12.2 Å². The third-order valence-electron chi connectivity index (χ3n) is 3.83. The molecular formula is C16H18ClN5O2. The summed E-state index contributed by atoms with van der Waals surface area (Å²) >= 11 is 6.12. The molecule has 1 aliphatic heterocycles. The quantitative estimate of drug-likeness (QED) is 0.661. The molecule has 0 spiro atoms. The predicted molar refractivity (Wildman–Crippen MR) is 89.6 cm³/mol. The van der Waals surface area contributed by atoms with Crippen LogP contribution in [0.4, 0.5) is 5.95 Å². The number of nitrogens with one attached hydrogen (secondary N) is 1. The first-order valence-electron chi connectivity index (χ1n) is 7.80. The van der Waals surface area contributed by atoms with Crippen LogP contribution in [0.5, 0.6) is 0 Å². The Hall–Kier alpha value is -2.41. The number of unbranched alkanes of at least 4 members (excludes halogenated alkanes) is 1. The summed E-state index contributed by atoms with van der Waals surface area (Å²) in [7, 11) is 0. The molecule has 3 rings (SSSR count). The van der Waals surface area contributed by atoms with Crippen LogP contribution in [0.15, 0.2) is 35.5 Å². The minimum Gasteiger partial charge on any atom is -0.462 e. The standard InChI is InChI=1S/C16H18ClN5O2/c1-3-4-8-24-15(23)13-10(2)18-16-19-20-21-22(16)14(13)11-6-5-7-12(17)9-11/h5-7,9,14H,3-4,8H2,1-2H3,(H,18,19,21). The highest BCUT2D eigenvalue weighted by Gasteiger charge is 2.34. The van der Waals surface area contributed by atoms with E-state index < -0.39 is 6.04 Å². The molecule has 2 aromatic rings. The number of esters is 1. The molecular weight excluding hydrogens is 330 g/mol. The number of tetrazole rings is 1. The molecule has 0 bridgehead atoms. The molecule has 1 aromatic heterocycles. The Morgan fingerprint density at radius 3 is 3.04 bits per heavy atom. The van der Waals surface area contributed by atoms with Crippen molar-refractivity contribution in [1.82, 2.24) is 20.2 Å². The molecule has 0 radical (unpaired) electrons. The zero-order valence-electron chi connectivity index (χ0n) is 13.5. The van der Waals surface area contributed by atoms with Crippen LogP contribution in [0.3, 0.4) is 0 Å². The molecule has 1 unspecified atom stereocenters. The molecule has 0 saturated carbocycles. The maximum Gasteiger partial charge on any atom is 0.338 e. The molecule has 7 nitrogen and oxygen atoms in total. The van der Waals surface area contributed by atoms with E-state index in [-0.39, 0.29) is 5.97 Å². The van der Waals surface area contributed by atoms with Crippen molar-refractivity contribution in [1.29, 1.82) is 0 Å². The maximum absolute atomic E-state index is 12.6. The van der Waals surface area contributed by atoms with E-state index in [9.17, 15) is 4.79 Å². The van der Waals surface area contributed by atoms with Crippen LogP contribution in [0.25, 0.3) is 0 Å². The van der Waals surface area contributed by atoms with Crippen LogP contribution in [-0.2, 0) is 9.53 Å². The van der Waals surface area contributed by atoms with Crippen LogP contribution in [0.2, 0.25) is 5.02 Å². The van der Waals surface area contributed by atoms with Gasteiger partial charge in [-0.2, -0.15) is 4.68 Å². The summed E-state index contributed by atoms with van der Waals surface area (Å²) in [5.41, 5.74) is 1.97.